The fourth-order valence-corrected chi connectivity index (χ4v) is 1.09. The summed E-state index contributed by atoms with van der Waals surface area (Å²) in [5.74, 6) is 0.0586. The molecule has 0 atom stereocenters. The lowest BCUT2D eigenvalue weighted by atomic mass is 10.2. The van der Waals surface area contributed by atoms with Gasteiger partial charge in [-0.25, -0.2) is 0 Å². The van der Waals surface area contributed by atoms with E-state index in [0.29, 0.717) is 19.5 Å². The quantitative estimate of drug-likeness (QED) is 0.724. The Kier molecular flexibility index (Phi) is 4.72. The summed E-state index contributed by atoms with van der Waals surface area (Å²) >= 11 is 0. The molecule has 1 aromatic carbocycles. The monoisotopic (exact) mass is 191 g/mol. The second-order valence-corrected chi connectivity index (χ2v) is 3.08. The third-order valence-electron chi connectivity index (χ3n) is 1.88. The SMILES string of the molecule is NCCCC(=O)NCc1cc[c]cc1. The van der Waals surface area contributed by atoms with Gasteiger partial charge >= 0.3 is 0 Å². The standard InChI is InChI=1S/C11H15N2O/c12-8-4-7-11(14)13-9-10-5-2-1-3-6-10/h2-3,5-6H,4,7-9,12H2,(H,13,14). The molecule has 0 fully saturated rings. The summed E-state index contributed by atoms with van der Waals surface area (Å²) in [4.78, 5) is 11.2. The van der Waals surface area contributed by atoms with Gasteiger partial charge in [-0.3, -0.25) is 4.79 Å². The van der Waals surface area contributed by atoms with E-state index in [-0.39, 0.29) is 5.91 Å². The molecule has 0 aliphatic rings. The highest BCUT2D eigenvalue weighted by molar-refractivity contribution is 5.75. The van der Waals surface area contributed by atoms with Crippen LogP contribution in [-0.2, 0) is 11.3 Å². The summed E-state index contributed by atoms with van der Waals surface area (Å²) in [6.07, 6.45) is 1.25. The van der Waals surface area contributed by atoms with Crippen LogP contribution in [0.2, 0.25) is 0 Å². The van der Waals surface area contributed by atoms with Crippen molar-refractivity contribution in [3.63, 3.8) is 0 Å². The van der Waals surface area contributed by atoms with Crippen molar-refractivity contribution in [3.8, 4) is 0 Å². The topological polar surface area (TPSA) is 55.1 Å². The van der Waals surface area contributed by atoms with Crippen LogP contribution in [0.1, 0.15) is 18.4 Å². The fourth-order valence-electron chi connectivity index (χ4n) is 1.09. The first kappa shape index (κ1) is 10.7. The average Bonchev–Trinajstić information content (AvgIpc) is 2.25. The number of carbonyl (C=O) groups is 1. The van der Waals surface area contributed by atoms with Crippen LogP contribution in [0.25, 0.3) is 0 Å². The minimum absolute atomic E-state index is 0.0586. The van der Waals surface area contributed by atoms with E-state index in [0.717, 1.165) is 12.0 Å². The Hall–Kier alpha value is -1.35. The van der Waals surface area contributed by atoms with Gasteiger partial charge < -0.3 is 11.1 Å². The van der Waals surface area contributed by atoms with Gasteiger partial charge in [0, 0.05) is 13.0 Å². The van der Waals surface area contributed by atoms with Crippen LogP contribution < -0.4 is 11.1 Å². The molecule has 0 spiro atoms. The predicted octanol–water partition coefficient (Wildman–Crippen LogP) is 0.842. The van der Waals surface area contributed by atoms with Crippen molar-refractivity contribution in [3.05, 3.63) is 35.9 Å². The second-order valence-electron chi connectivity index (χ2n) is 3.08. The zero-order chi connectivity index (χ0) is 10.2. The van der Waals surface area contributed by atoms with Crippen molar-refractivity contribution in [1.82, 2.24) is 5.32 Å². The number of rotatable bonds is 5. The number of nitrogens with two attached hydrogens (primary N) is 1. The molecule has 14 heavy (non-hydrogen) atoms. The van der Waals surface area contributed by atoms with Crippen LogP contribution in [0.4, 0.5) is 0 Å². The molecule has 0 aliphatic carbocycles. The van der Waals surface area contributed by atoms with Crippen molar-refractivity contribution in [2.45, 2.75) is 19.4 Å². The maximum Gasteiger partial charge on any atom is 0.220 e. The third-order valence-corrected chi connectivity index (χ3v) is 1.88. The van der Waals surface area contributed by atoms with Crippen molar-refractivity contribution in [1.29, 1.82) is 0 Å². The number of benzene rings is 1. The van der Waals surface area contributed by atoms with Crippen molar-refractivity contribution in [2.24, 2.45) is 5.73 Å². The Morgan fingerprint density at radius 2 is 2.14 bits per heavy atom. The lowest BCUT2D eigenvalue weighted by Gasteiger charge is -2.03. The van der Waals surface area contributed by atoms with Gasteiger partial charge in [0.2, 0.25) is 5.91 Å². The first-order valence-corrected chi connectivity index (χ1v) is 4.74. The van der Waals surface area contributed by atoms with Gasteiger partial charge in [0.1, 0.15) is 0 Å². The van der Waals surface area contributed by atoms with Crippen molar-refractivity contribution < 1.29 is 4.79 Å². The molecule has 0 saturated heterocycles. The van der Waals surface area contributed by atoms with E-state index < -0.39 is 0 Å². The third kappa shape index (κ3) is 4.05. The van der Waals surface area contributed by atoms with E-state index in [1.165, 1.54) is 0 Å². The Labute approximate surface area is 84.3 Å². The van der Waals surface area contributed by atoms with Gasteiger partial charge in [0.05, 0.1) is 0 Å². The molecule has 3 nitrogen and oxygen atoms in total. The Morgan fingerprint density at radius 3 is 2.79 bits per heavy atom. The highest BCUT2D eigenvalue weighted by atomic mass is 16.1. The molecule has 1 rings (SSSR count). The summed E-state index contributed by atoms with van der Waals surface area (Å²) in [5.41, 5.74) is 6.39. The van der Waals surface area contributed by atoms with Crippen LogP contribution in [0.15, 0.2) is 24.3 Å². The van der Waals surface area contributed by atoms with E-state index in [2.05, 4.69) is 11.4 Å². The predicted molar refractivity (Wildman–Crippen MR) is 55.4 cm³/mol. The Bertz CT molecular complexity index is 272. The van der Waals surface area contributed by atoms with Gasteiger partial charge in [-0.1, -0.05) is 24.3 Å². The number of nitrogens with one attached hydrogen (secondary N) is 1. The summed E-state index contributed by atoms with van der Waals surface area (Å²) in [6, 6.07) is 10.5. The van der Waals surface area contributed by atoms with Gasteiger partial charge in [-0.2, -0.15) is 0 Å². The normalized spacial score (nSPS) is 9.79. The average molecular weight is 191 g/mol. The number of hydrogen-bond donors (Lipinski definition) is 2. The molecule has 3 N–H and O–H groups in total. The molecule has 3 heteroatoms. The minimum atomic E-state index is 0.0586. The molecular weight excluding hydrogens is 176 g/mol. The maximum absolute atomic E-state index is 11.2. The van der Waals surface area contributed by atoms with E-state index in [9.17, 15) is 4.79 Å². The molecule has 0 bridgehead atoms. The number of hydrogen-bond acceptors (Lipinski definition) is 2. The zero-order valence-corrected chi connectivity index (χ0v) is 8.12. The maximum atomic E-state index is 11.2. The first-order chi connectivity index (χ1) is 6.83. The highest BCUT2D eigenvalue weighted by Gasteiger charge is 1.99. The molecular formula is C11H15N2O. The highest BCUT2D eigenvalue weighted by Crippen LogP contribution is 1.97. The fraction of sp³-hybridized carbons (Fsp3) is 0.364. The largest absolute Gasteiger partial charge is 0.352 e. The molecule has 0 aliphatic heterocycles. The van der Waals surface area contributed by atoms with Crippen LogP contribution in [0, 0.1) is 6.07 Å². The zero-order valence-electron chi connectivity index (χ0n) is 8.12. The summed E-state index contributed by atoms with van der Waals surface area (Å²) in [7, 11) is 0. The molecule has 75 valence electrons. The first-order valence-electron chi connectivity index (χ1n) is 4.74. The van der Waals surface area contributed by atoms with E-state index in [1.54, 1.807) is 0 Å². The van der Waals surface area contributed by atoms with Crippen molar-refractivity contribution >= 4 is 5.91 Å². The smallest absolute Gasteiger partial charge is 0.220 e. The molecule has 1 radical (unpaired) electrons. The second kappa shape index (κ2) is 6.16. The molecule has 0 saturated carbocycles. The van der Waals surface area contributed by atoms with Crippen LogP contribution in [-0.4, -0.2) is 12.5 Å². The van der Waals surface area contributed by atoms with Gasteiger partial charge in [-0.15, -0.1) is 0 Å². The lowest BCUT2D eigenvalue weighted by Crippen LogP contribution is -2.23. The number of amides is 1. The van der Waals surface area contributed by atoms with Crippen LogP contribution >= 0.6 is 0 Å². The molecule has 1 amide bonds. The number of carbonyl (C=O) groups excluding carboxylic acids is 1. The Balaban J connectivity index is 2.24. The van der Waals surface area contributed by atoms with E-state index >= 15 is 0 Å². The molecule has 1 aromatic rings. The van der Waals surface area contributed by atoms with E-state index in [1.807, 2.05) is 24.3 Å². The summed E-state index contributed by atoms with van der Waals surface area (Å²) in [5, 5.41) is 2.83. The molecule has 0 heterocycles. The van der Waals surface area contributed by atoms with Gasteiger partial charge in [0.15, 0.2) is 0 Å². The van der Waals surface area contributed by atoms with E-state index in [4.69, 9.17) is 5.73 Å². The molecule has 0 aromatic heterocycles. The van der Waals surface area contributed by atoms with Gasteiger partial charge in [0.25, 0.3) is 0 Å². The Morgan fingerprint density at radius 1 is 1.43 bits per heavy atom. The van der Waals surface area contributed by atoms with Crippen LogP contribution in [0.3, 0.4) is 0 Å². The van der Waals surface area contributed by atoms with Gasteiger partial charge in [-0.05, 0) is 24.6 Å². The molecule has 0 unspecified atom stereocenters. The summed E-state index contributed by atoms with van der Waals surface area (Å²) < 4.78 is 0. The minimum Gasteiger partial charge on any atom is -0.352 e. The van der Waals surface area contributed by atoms with Crippen molar-refractivity contribution in [2.75, 3.05) is 6.54 Å². The lowest BCUT2D eigenvalue weighted by molar-refractivity contribution is -0.121. The van der Waals surface area contributed by atoms with Crippen LogP contribution in [0.5, 0.6) is 0 Å². The summed E-state index contributed by atoms with van der Waals surface area (Å²) in [6.45, 7) is 1.14.